The van der Waals surface area contributed by atoms with Crippen molar-refractivity contribution in [1.29, 1.82) is 0 Å². The van der Waals surface area contributed by atoms with Crippen LogP contribution in [-0.4, -0.2) is 75.7 Å². The summed E-state index contributed by atoms with van der Waals surface area (Å²) in [7, 11) is 1.97. The van der Waals surface area contributed by atoms with Gasteiger partial charge in [0.15, 0.2) is 6.10 Å². The number of hydrogen-bond acceptors (Lipinski definition) is 6. The summed E-state index contributed by atoms with van der Waals surface area (Å²) in [5, 5.41) is 1.02. The zero-order chi connectivity index (χ0) is 16.5. The Labute approximate surface area is 145 Å². The molecule has 0 saturated carbocycles. The first kappa shape index (κ1) is 15.7. The fourth-order valence-electron chi connectivity index (χ4n) is 3.29. The number of amides is 1. The van der Waals surface area contributed by atoms with E-state index < -0.39 is 6.10 Å². The predicted octanol–water partition coefficient (Wildman–Crippen LogP) is 0.749. The molecule has 0 aromatic carbocycles. The second kappa shape index (κ2) is 6.60. The number of anilines is 1. The zero-order valence-electron chi connectivity index (χ0n) is 13.7. The van der Waals surface area contributed by atoms with E-state index in [0.717, 1.165) is 48.0 Å². The van der Waals surface area contributed by atoms with Crippen molar-refractivity contribution in [1.82, 2.24) is 19.4 Å². The van der Waals surface area contributed by atoms with Gasteiger partial charge in [0, 0.05) is 44.4 Å². The summed E-state index contributed by atoms with van der Waals surface area (Å²) in [5.74, 6) is 3.02. The number of carbonyl (C=O) groups excluding carboxylic acids is 1. The molecule has 8 heteroatoms. The van der Waals surface area contributed by atoms with Crippen molar-refractivity contribution in [2.75, 3.05) is 49.2 Å². The Bertz CT molecular complexity index is 743. The minimum atomic E-state index is -0.407. The lowest BCUT2D eigenvalue weighted by Crippen LogP contribution is -2.52. The smallest absolute Gasteiger partial charge is 0.253 e. The van der Waals surface area contributed by atoms with Gasteiger partial charge in [-0.25, -0.2) is 9.97 Å². The molecule has 1 atom stereocenters. The Kier molecular flexibility index (Phi) is 4.32. The number of morpholine rings is 1. The summed E-state index contributed by atoms with van der Waals surface area (Å²) in [4.78, 5) is 25.6. The molecule has 0 N–H and O–H groups in total. The lowest BCUT2D eigenvalue weighted by atomic mass is 10.2. The van der Waals surface area contributed by atoms with Crippen LogP contribution in [-0.2, 0) is 16.6 Å². The number of thioether (sulfide) groups is 1. The zero-order valence-corrected chi connectivity index (χ0v) is 14.5. The largest absolute Gasteiger partial charge is 0.365 e. The van der Waals surface area contributed by atoms with Gasteiger partial charge in [-0.05, 0) is 6.07 Å². The second-order valence-corrected chi connectivity index (χ2v) is 7.33. The normalized spacial score (nSPS) is 22.1. The molecule has 2 aromatic rings. The van der Waals surface area contributed by atoms with E-state index in [9.17, 15) is 4.79 Å². The van der Waals surface area contributed by atoms with Crippen LogP contribution in [0, 0.1) is 0 Å². The molecule has 1 amide bonds. The van der Waals surface area contributed by atoms with Crippen molar-refractivity contribution in [3.05, 3.63) is 18.6 Å². The lowest BCUT2D eigenvalue weighted by molar-refractivity contribution is -0.144. The molecule has 24 heavy (non-hydrogen) atoms. The van der Waals surface area contributed by atoms with Crippen LogP contribution in [0.5, 0.6) is 0 Å². The summed E-state index contributed by atoms with van der Waals surface area (Å²) < 4.78 is 7.75. The Morgan fingerprint density at radius 2 is 2.12 bits per heavy atom. The second-order valence-electron chi connectivity index (χ2n) is 6.10. The van der Waals surface area contributed by atoms with Gasteiger partial charge < -0.3 is 19.1 Å². The van der Waals surface area contributed by atoms with Crippen LogP contribution in [0.25, 0.3) is 11.0 Å². The summed E-state index contributed by atoms with van der Waals surface area (Å²) in [6.45, 7) is 3.46. The highest BCUT2D eigenvalue weighted by Crippen LogP contribution is 2.25. The SMILES string of the molecule is Cn1ccc2c(N3CCOC(C(=O)N4CCSCC4)C3)ncnc21. The molecule has 0 spiro atoms. The third-order valence-electron chi connectivity index (χ3n) is 4.60. The van der Waals surface area contributed by atoms with Crippen LogP contribution >= 0.6 is 11.8 Å². The molecule has 0 aliphatic carbocycles. The minimum Gasteiger partial charge on any atom is -0.365 e. The molecule has 4 heterocycles. The fourth-order valence-corrected chi connectivity index (χ4v) is 4.20. The van der Waals surface area contributed by atoms with E-state index in [1.165, 1.54) is 0 Å². The molecule has 7 nitrogen and oxygen atoms in total. The molecule has 2 aliphatic heterocycles. The van der Waals surface area contributed by atoms with E-state index in [4.69, 9.17) is 4.74 Å². The summed E-state index contributed by atoms with van der Waals surface area (Å²) in [5.41, 5.74) is 0.905. The van der Waals surface area contributed by atoms with Crippen molar-refractivity contribution in [3.8, 4) is 0 Å². The van der Waals surface area contributed by atoms with Crippen LogP contribution in [0.1, 0.15) is 0 Å². The number of aromatic nitrogens is 3. The third kappa shape index (κ3) is 2.84. The highest BCUT2D eigenvalue weighted by atomic mass is 32.2. The summed E-state index contributed by atoms with van der Waals surface area (Å²) in [6, 6.07) is 2.03. The Morgan fingerprint density at radius 1 is 1.29 bits per heavy atom. The first-order valence-electron chi connectivity index (χ1n) is 8.23. The Balaban J connectivity index is 1.54. The molecule has 4 rings (SSSR count). The number of rotatable bonds is 2. The van der Waals surface area contributed by atoms with Gasteiger partial charge in [0.1, 0.15) is 17.8 Å². The van der Waals surface area contributed by atoms with Crippen molar-refractivity contribution in [2.45, 2.75) is 6.10 Å². The van der Waals surface area contributed by atoms with E-state index in [0.29, 0.717) is 13.2 Å². The van der Waals surface area contributed by atoms with Crippen LogP contribution in [0.4, 0.5) is 5.82 Å². The van der Waals surface area contributed by atoms with Crippen molar-refractivity contribution >= 4 is 34.5 Å². The van der Waals surface area contributed by atoms with E-state index in [2.05, 4.69) is 14.9 Å². The highest BCUT2D eigenvalue weighted by molar-refractivity contribution is 7.99. The molecule has 0 bridgehead atoms. The number of nitrogens with zero attached hydrogens (tertiary/aromatic N) is 5. The van der Waals surface area contributed by atoms with Crippen LogP contribution < -0.4 is 4.90 Å². The maximum atomic E-state index is 12.7. The summed E-state index contributed by atoms with van der Waals surface area (Å²) in [6.07, 6.45) is 3.17. The quantitative estimate of drug-likeness (QED) is 0.799. The highest BCUT2D eigenvalue weighted by Gasteiger charge is 2.32. The maximum Gasteiger partial charge on any atom is 0.253 e. The van der Waals surface area contributed by atoms with E-state index >= 15 is 0 Å². The third-order valence-corrected chi connectivity index (χ3v) is 5.55. The molecule has 0 radical (unpaired) electrons. The molecular formula is C16H21N5O2S. The van der Waals surface area contributed by atoms with Gasteiger partial charge in [-0.1, -0.05) is 0 Å². The van der Waals surface area contributed by atoms with Gasteiger partial charge in [0.2, 0.25) is 0 Å². The van der Waals surface area contributed by atoms with Crippen molar-refractivity contribution in [3.63, 3.8) is 0 Å². The first-order valence-corrected chi connectivity index (χ1v) is 9.38. The average Bonchev–Trinajstić information content (AvgIpc) is 3.03. The first-order chi connectivity index (χ1) is 11.7. The van der Waals surface area contributed by atoms with Crippen molar-refractivity contribution < 1.29 is 9.53 Å². The van der Waals surface area contributed by atoms with Gasteiger partial charge in [-0.15, -0.1) is 0 Å². The average molecular weight is 347 g/mol. The van der Waals surface area contributed by atoms with Gasteiger partial charge in [0.05, 0.1) is 18.5 Å². The number of ether oxygens (including phenoxy) is 1. The predicted molar refractivity (Wildman–Crippen MR) is 94.4 cm³/mol. The number of aryl methyl sites for hydroxylation is 1. The monoisotopic (exact) mass is 347 g/mol. The minimum absolute atomic E-state index is 0.110. The van der Waals surface area contributed by atoms with Gasteiger partial charge in [-0.3, -0.25) is 4.79 Å². The van der Waals surface area contributed by atoms with Gasteiger partial charge in [0.25, 0.3) is 5.91 Å². The molecular weight excluding hydrogens is 326 g/mol. The molecule has 1 unspecified atom stereocenters. The topological polar surface area (TPSA) is 63.5 Å². The van der Waals surface area contributed by atoms with Crippen LogP contribution in [0.2, 0.25) is 0 Å². The van der Waals surface area contributed by atoms with Crippen molar-refractivity contribution in [2.24, 2.45) is 7.05 Å². The molecule has 2 saturated heterocycles. The van der Waals surface area contributed by atoms with Crippen LogP contribution in [0.15, 0.2) is 18.6 Å². The fraction of sp³-hybridized carbons (Fsp3) is 0.562. The van der Waals surface area contributed by atoms with Crippen LogP contribution in [0.3, 0.4) is 0 Å². The standard InChI is InChI=1S/C16H21N5O2S/c1-19-3-2-12-14(19)17-11-18-15(12)21-4-7-23-13(10-21)16(22)20-5-8-24-9-6-20/h2-3,11,13H,4-10H2,1H3. The van der Waals surface area contributed by atoms with E-state index in [1.54, 1.807) is 6.33 Å². The maximum absolute atomic E-state index is 12.7. The van der Waals surface area contributed by atoms with Gasteiger partial charge in [-0.2, -0.15) is 11.8 Å². The molecule has 128 valence electrons. The van der Waals surface area contributed by atoms with E-state index in [-0.39, 0.29) is 5.91 Å². The Morgan fingerprint density at radius 3 is 2.96 bits per heavy atom. The van der Waals surface area contributed by atoms with E-state index in [1.807, 2.05) is 40.5 Å². The summed E-state index contributed by atoms with van der Waals surface area (Å²) >= 11 is 1.90. The molecule has 2 aromatic heterocycles. The Hall–Kier alpha value is -1.80. The molecule has 2 fully saturated rings. The lowest BCUT2D eigenvalue weighted by Gasteiger charge is -2.36. The van der Waals surface area contributed by atoms with Gasteiger partial charge >= 0.3 is 0 Å². The number of hydrogen-bond donors (Lipinski definition) is 0. The number of fused-ring (bicyclic) bond motifs is 1. The molecule has 2 aliphatic rings. The number of carbonyl (C=O) groups is 1.